The maximum Gasteiger partial charge on any atom is 0.262 e. The minimum Gasteiger partial charge on any atom is -0.338 e. The fraction of sp³-hybridized carbons (Fsp3) is 0.250. The third-order valence-electron chi connectivity index (χ3n) is 6.70. The lowest BCUT2D eigenvalue weighted by atomic mass is 10.0. The Morgan fingerprint density at radius 2 is 1.31 bits per heavy atom. The highest BCUT2D eigenvalue weighted by Gasteiger charge is 2.44. The van der Waals surface area contributed by atoms with Crippen molar-refractivity contribution in [1.29, 1.82) is 0 Å². The molecule has 3 aromatic carbocycles. The van der Waals surface area contributed by atoms with Gasteiger partial charge in [0.25, 0.3) is 11.8 Å². The van der Waals surface area contributed by atoms with Crippen molar-refractivity contribution < 1.29 is 14.4 Å². The lowest BCUT2D eigenvalue weighted by Gasteiger charge is -2.38. The predicted molar refractivity (Wildman–Crippen MR) is 137 cm³/mol. The summed E-state index contributed by atoms with van der Waals surface area (Å²) in [5.41, 5.74) is 2.86. The number of imide groups is 1. The lowest BCUT2D eigenvalue weighted by molar-refractivity contribution is -0.137. The molecule has 178 valence electrons. The quantitative estimate of drug-likeness (QED) is 0.451. The van der Waals surface area contributed by atoms with Crippen molar-refractivity contribution in [3.63, 3.8) is 0 Å². The molecular weight excluding hydrogens is 506 g/mol. The van der Waals surface area contributed by atoms with Gasteiger partial charge in [-0.1, -0.05) is 70.5 Å². The van der Waals surface area contributed by atoms with E-state index in [2.05, 4.69) is 33.0 Å². The SMILES string of the molecule is O=C([C@H](Cc1ccccc1)N1C(=O)c2ccccc2C1=O)N1CCN(Cc2ccc(Br)cc2)CC1. The van der Waals surface area contributed by atoms with Crippen LogP contribution in [0.15, 0.2) is 83.3 Å². The molecule has 0 aromatic heterocycles. The van der Waals surface area contributed by atoms with Gasteiger partial charge in [0.1, 0.15) is 6.04 Å². The Hall–Kier alpha value is -3.29. The van der Waals surface area contributed by atoms with Crippen molar-refractivity contribution in [1.82, 2.24) is 14.7 Å². The Labute approximate surface area is 213 Å². The molecule has 3 aromatic rings. The first-order valence-corrected chi connectivity index (χ1v) is 12.6. The fourth-order valence-corrected chi connectivity index (χ4v) is 5.07. The average Bonchev–Trinajstić information content (AvgIpc) is 3.14. The van der Waals surface area contributed by atoms with Crippen molar-refractivity contribution in [2.75, 3.05) is 26.2 Å². The Balaban J connectivity index is 1.33. The molecule has 2 heterocycles. The molecule has 1 fully saturated rings. The first-order valence-electron chi connectivity index (χ1n) is 11.8. The van der Waals surface area contributed by atoms with Crippen molar-refractivity contribution in [3.8, 4) is 0 Å². The van der Waals surface area contributed by atoms with Gasteiger partial charge >= 0.3 is 0 Å². The van der Waals surface area contributed by atoms with Crippen LogP contribution in [0.25, 0.3) is 0 Å². The van der Waals surface area contributed by atoms with E-state index in [1.165, 1.54) is 10.5 Å². The summed E-state index contributed by atoms with van der Waals surface area (Å²) in [7, 11) is 0. The largest absolute Gasteiger partial charge is 0.338 e. The van der Waals surface area contributed by atoms with E-state index in [0.717, 1.165) is 29.7 Å². The van der Waals surface area contributed by atoms with Gasteiger partial charge in [0.15, 0.2) is 0 Å². The summed E-state index contributed by atoms with van der Waals surface area (Å²) < 4.78 is 1.05. The van der Waals surface area contributed by atoms with Gasteiger partial charge in [-0.2, -0.15) is 0 Å². The first kappa shape index (κ1) is 23.5. The van der Waals surface area contributed by atoms with Gasteiger partial charge in [0.2, 0.25) is 5.91 Å². The summed E-state index contributed by atoms with van der Waals surface area (Å²) in [6, 6.07) is 23.7. The number of amides is 3. The Bertz CT molecular complexity index is 1200. The smallest absolute Gasteiger partial charge is 0.262 e. The molecular formula is C28H26BrN3O3. The van der Waals surface area contributed by atoms with Crippen molar-refractivity contribution in [2.24, 2.45) is 0 Å². The molecule has 7 heteroatoms. The minimum absolute atomic E-state index is 0.174. The highest BCUT2D eigenvalue weighted by molar-refractivity contribution is 9.10. The summed E-state index contributed by atoms with van der Waals surface area (Å²) in [5, 5.41) is 0. The molecule has 2 aliphatic heterocycles. The van der Waals surface area contributed by atoms with E-state index in [0.29, 0.717) is 30.6 Å². The van der Waals surface area contributed by atoms with Gasteiger partial charge < -0.3 is 4.90 Å². The summed E-state index contributed by atoms with van der Waals surface area (Å²) in [6.07, 6.45) is 0.296. The Morgan fingerprint density at radius 1 is 0.743 bits per heavy atom. The zero-order valence-corrected chi connectivity index (χ0v) is 20.9. The van der Waals surface area contributed by atoms with Crippen LogP contribution in [0.4, 0.5) is 0 Å². The van der Waals surface area contributed by atoms with Crippen LogP contribution >= 0.6 is 15.9 Å². The second-order valence-corrected chi connectivity index (χ2v) is 9.87. The van der Waals surface area contributed by atoms with Gasteiger partial charge in [-0.05, 0) is 35.4 Å². The van der Waals surface area contributed by atoms with Crippen LogP contribution in [0.3, 0.4) is 0 Å². The van der Waals surface area contributed by atoms with Crippen molar-refractivity contribution in [2.45, 2.75) is 19.0 Å². The molecule has 0 spiro atoms. The highest BCUT2D eigenvalue weighted by atomic mass is 79.9. The van der Waals surface area contributed by atoms with E-state index >= 15 is 0 Å². The molecule has 3 amide bonds. The second kappa shape index (κ2) is 10.1. The van der Waals surface area contributed by atoms with E-state index in [1.807, 2.05) is 42.5 Å². The number of carbonyl (C=O) groups is 3. The molecule has 0 saturated carbocycles. The number of fused-ring (bicyclic) bond motifs is 1. The Kier molecular flexibility index (Phi) is 6.79. The van der Waals surface area contributed by atoms with Gasteiger partial charge in [0, 0.05) is 43.6 Å². The van der Waals surface area contributed by atoms with Gasteiger partial charge in [-0.3, -0.25) is 24.2 Å². The molecule has 35 heavy (non-hydrogen) atoms. The van der Waals surface area contributed by atoms with E-state index in [1.54, 1.807) is 29.2 Å². The minimum atomic E-state index is -0.872. The van der Waals surface area contributed by atoms with E-state index < -0.39 is 17.9 Å². The van der Waals surface area contributed by atoms with E-state index in [4.69, 9.17) is 0 Å². The predicted octanol–water partition coefficient (Wildman–Crippen LogP) is 4.00. The zero-order chi connectivity index (χ0) is 24.4. The van der Waals surface area contributed by atoms with Crippen LogP contribution in [0.2, 0.25) is 0 Å². The fourth-order valence-electron chi connectivity index (χ4n) is 4.80. The molecule has 0 aliphatic carbocycles. The summed E-state index contributed by atoms with van der Waals surface area (Å²) in [4.78, 5) is 45.5. The molecule has 5 rings (SSSR count). The molecule has 0 radical (unpaired) electrons. The molecule has 1 atom stereocenters. The third kappa shape index (κ3) is 4.92. The van der Waals surface area contributed by atoms with Gasteiger partial charge in [-0.15, -0.1) is 0 Å². The highest BCUT2D eigenvalue weighted by Crippen LogP contribution is 2.27. The molecule has 0 bridgehead atoms. The van der Waals surface area contributed by atoms with Crippen molar-refractivity contribution >= 4 is 33.7 Å². The summed E-state index contributed by atoms with van der Waals surface area (Å²) in [5.74, 6) is -0.964. The standard InChI is InChI=1S/C28H26BrN3O3/c29-22-12-10-21(11-13-22)19-30-14-16-31(17-15-30)28(35)25(18-20-6-2-1-3-7-20)32-26(33)23-8-4-5-9-24(23)27(32)34/h1-13,25H,14-19H2/t25-/m0/s1. The maximum absolute atomic E-state index is 13.8. The van der Waals surface area contributed by atoms with Crippen LogP contribution in [-0.4, -0.2) is 64.6 Å². The molecule has 2 aliphatic rings. The second-order valence-electron chi connectivity index (χ2n) is 8.96. The average molecular weight is 532 g/mol. The van der Waals surface area contributed by atoms with Crippen LogP contribution in [-0.2, 0) is 17.8 Å². The van der Waals surface area contributed by atoms with Gasteiger partial charge in [-0.25, -0.2) is 0 Å². The molecule has 6 nitrogen and oxygen atoms in total. The number of hydrogen-bond donors (Lipinski definition) is 0. The van der Waals surface area contributed by atoms with Crippen LogP contribution in [0.1, 0.15) is 31.8 Å². The van der Waals surface area contributed by atoms with Crippen LogP contribution in [0, 0.1) is 0 Å². The number of carbonyl (C=O) groups excluding carboxylic acids is 3. The number of halogens is 1. The summed E-state index contributed by atoms with van der Waals surface area (Å²) >= 11 is 3.47. The zero-order valence-electron chi connectivity index (χ0n) is 19.3. The number of hydrogen-bond acceptors (Lipinski definition) is 4. The number of piperazine rings is 1. The normalized spacial score (nSPS) is 16.9. The maximum atomic E-state index is 13.8. The lowest BCUT2D eigenvalue weighted by Crippen LogP contribution is -2.56. The molecule has 0 N–H and O–H groups in total. The molecule has 1 saturated heterocycles. The number of nitrogens with zero attached hydrogens (tertiary/aromatic N) is 3. The third-order valence-corrected chi connectivity index (χ3v) is 7.23. The van der Waals surface area contributed by atoms with Crippen molar-refractivity contribution in [3.05, 3.63) is 106 Å². The number of rotatable bonds is 6. The van der Waals surface area contributed by atoms with Gasteiger partial charge in [0.05, 0.1) is 11.1 Å². The van der Waals surface area contributed by atoms with Crippen LogP contribution in [0.5, 0.6) is 0 Å². The topological polar surface area (TPSA) is 60.9 Å². The monoisotopic (exact) mass is 531 g/mol. The van der Waals surface area contributed by atoms with Crippen LogP contribution < -0.4 is 0 Å². The number of benzene rings is 3. The van der Waals surface area contributed by atoms with E-state index in [9.17, 15) is 14.4 Å². The first-order chi connectivity index (χ1) is 17.0. The summed E-state index contributed by atoms with van der Waals surface area (Å²) in [6.45, 7) is 3.42. The molecule has 0 unspecified atom stereocenters. The Morgan fingerprint density at radius 3 is 1.91 bits per heavy atom. The van der Waals surface area contributed by atoms with E-state index in [-0.39, 0.29) is 5.91 Å².